The van der Waals surface area contributed by atoms with Crippen LogP contribution in [0.2, 0.25) is 5.02 Å². The number of hydrogen-bond acceptors (Lipinski definition) is 2. The standard InChI is InChI=1S/C15H17BrClNS/c1-4-18-15(13-5-6-14(16)19-13)11-7-9(2)10(3)8-12(11)17/h5-8,15,18H,4H2,1-3H3. The lowest BCUT2D eigenvalue weighted by Crippen LogP contribution is -2.21. The van der Waals surface area contributed by atoms with Crippen molar-refractivity contribution in [2.45, 2.75) is 26.8 Å². The topological polar surface area (TPSA) is 12.0 Å². The predicted molar refractivity (Wildman–Crippen MR) is 88.5 cm³/mol. The van der Waals surface area contributed by atoms with Crippen LogP contribution in [0.3, 0.4) is 0 Å². The third-order valence-electron chi connectivity index (χ3n) is 3.21. The number of hydrogen-bond donors (Lipinski definition) is 1. The molecule has 2 aromatic rings. The molecule has 1 aromatic heterocycles. The van der Waals surface area contributed by atoms with Crippen LogP contribution >= 0.6 is 38.9 Å². The molecule has 0 saturated heterocycles. The third kappa shape index (κ3) is 3.40. The summed E-state index contributed by atoms with van der Waals surface area (Å²) in [6.07, 6.45) is 0. The molecular weight excluding hydrogens is 342 g/mol. The second kappa shape index (κ2) is 6.40. The molecule has 19 heavy (non-hydrogen) atoms. The van der Waals surface area contributed by atoms with E-state index in [1.54, 1.807) is 11.3 Å². The molecule has 4 heteroatoms. The highest BCUT2D eigenvalue weighted by atomic mass is 79.9. The molecule has 0 spiro atoms. The Morgan fingerprint density at radius 2 is 1.95 bits per heavy atom. The van der Waals surface area contributed by atoms with E-state index in [0.29, 0.717) is 0 Å². The van der Waals surface area contributed by atoms with E-state index < -0.39 is 0 Å². The largest absolute Gasteiger partial charge is 0.306 e. The van der Waals surface area contributed by atoms with Crippen LogP contribution in [0.25, 0.3) is 0 Å². The summed E-state index contributed by atoms with van der Waals surface area (Å²) < 4.78 is 1.14. The maximum atomic E-state index is 6.44. The van der Waals surface area contributed by atoms with Crippen molar-refractivity contribution in [3.05, 3.63) is 54.6 Å². The molecule has 102 valence electrons. The number of aryl methyl sites for hydroxylation is 2. The summed E-state index contributed by atoms with van der Waals surface area (Å²) in [6.45, 7) is 7.24. The second-order valence-corrected chi connectivity index (χ2v) is 7.49. The molecule has 1 nitrogen and oxygen atoms in total. The summed E-state index contributed by atoms with van der Waals surface area (Å²) >= 11 is 11.7. The van der Waals surface area contributed by atoms with Crippen molar-refractivity contribution in [2.24, 2.45) is 0 Å². The molecule has 1 heterocycles. The number of nitrogens with one attached hydrogen (secondary N) is 1. The van der Waals surface area contributed by atoms with Gasteiger partial charge in [-0.25, -0.2) is 0 Å². The highest BCUT2D eigenvalue weighted by Crippen LogP contribution is 2.35. The van der Waals surface area contributed by atoms with E-state index in [1.807, 2.05) is 0 Å². The Hall–Kier alpha value is -0.350. The average molecular weight is 359 g/mol. The van der Waals surface area contributed by atoms with Crippen molar-refractivity contribution < 1.29 is 0 Å². The van der Waals surface area contributed by atoms with E-state index in [1.165, 1.54) is 16.0 Å². The van der Waals surface area contributed by atoms with E-state index in [9.17, 15) is 0 Å². The van der Waals surface area contributed by atoms with Crippen LogP contribution in [0.1, 0.15) is 34.5 Å². The van der Waals surface area contributed by atoms with Crippen molar-refractivity contribution in [1.29, 1.82) is 0 Å². The Morgan fingerprint density at radius 1 is 1.26 bits per heavy atom. The van der Waals surface area contributed by atoms with Crippen molar-refractivity contribution in [2.75, 3.05) is 6.54 Å². The molecular formula is C15H17BrClNS. The molecule has 0 aliphatic rings. The minimum atomic E-state index is 0.160. The van der Waals surface area contributed by atoms with Crippen LogP contribution in [0, 0.1) is 13.8 Å². The van der Waals surface area contributed by atoms with Crippen molar-refractivity contribution in [3.8, 4) is 0 Å². The van der Waals surface area contributed by atoms with Crippen LogP contribution in [0.5, 0.6) is 0 Å². The first-order valence-corrected chi connectivity index (χ1v) is 8.27. The molecule has 0 aliphatic heterocycles. The number of thiophene rings is 1. The van der Waals surface area contributed by atoms with Crippen LogP contribution in [0.15, 0.2) is 28.1 Å². The lowest BCUT2D eigenvalue weighted by molar-refractivity contribution is 0.639. The zero-order valence-electron chi connectivity index (χ0n) is 11.3. The molecule has 2 rings (SSSR count). The van der Waals surface area contributed by atoms with Crippen LogP contribution in [-0.2, 0) is 0 Å². The predicted octanol–water partition coefficient (Wildman–Crippen LogP) is 5.48. The first kappa shape index (κ1) is 15.0. The van der Waals surface area contributed by atoms with Crippen LogP contribution in [-0.4, -0.2) is 6.54 Å². The number of benzene rings is 1. The Labute approximate surface area is 132 Å². The Kier molecular flexibility index (Phi) is 5.07. The molecule has 1 aromatic carbocycles. The summed E-state index contributed by atoms with van der Waals surface area (Å²) in [5.41, 5.74) is 3.66. The zero-order chi connectivity index (χ0) is 14.0. The fourth-order valence-electron chi connectivity index (χ4n) is 2.08. The van der Waals surface area contributed by atoms with Crippen LogP contribution < -0.4 is 5.32 Å². The van der Waals surface area contributed by atoms with Crippen molar-refractivity contribution in [3.63, 3.8) is 0 Å². The summed E-state index contributed by atoms with van der Waals surface area (Å²) in [6, 6.07) is 8.64. The summed E-state index contributed by atoms with van der Waals surface area (Å²) in [7, 11) is 0. The van der Waals surface area contributed by atoms with Gasteiger partial charge in [-0.05, 0) is 71.2 Å². The van der Waals surface area contributed by atoms with Crippen molar-refractivity contribution >= 4 is 38.9 Å². The van der Waals surface area contributed by atoms with Gasteiger partial charge in [-0.1, -0.05) is 24.6 Å². The second-order valence-electron chi connectivity index (χ2n) is 4.59. The SMILES string of the molecule is CCNC(c1ccc(Br)s1)c1cc(C)c(C)cc1Cl. The minimum absolute atomic E-state index is 0.160. The monoisotopic (exact) mass is 357 g/mol. The lowest BCUT2D eigenvalue weighted by atomic mass is 10.00. The third-order valence-corrected chi connectivity index (χ3v) is 5.23. The Balaban J connectivity index is 2.47. The summed E-state index contributed by atoms with van der Waals surface area (Å²) in [4.78, 5) is 1.28. The quantitative estimate of drug-likeness (QED) is 0.763. The van der Waals surface area contributed by atoms with E-state index in [4.69, 9.17) is 11.6 Å². The molecule has 1 N–H and O–H groups in total. The molecule has 1 unspecified atom stereocenters. The first-order valence-electron chi connectivity index (χ1n) is 6.28. The maximum absolute atomic E-state index is 6.44. The van der Waals surface area contributed by atoms with Gasteiger partial charge in [0.25, 0.3) is 0 Å². The van der Waals surface area contributed by atoms with Gasteiger partial charge < -0.3 is 5.32 Å². The zero-order valence-corrected chi connectivity index (χ0v) is 14.4. The van der Waals surface area contributed by atoms with Crippen molar-refractivity contribution in [1.82, 2.24) is 5.32 Å². The minimum Gasteiger partial charge on any atom is -0.306 e. The van der Waals surface area contributed by atoms with E-state index in [0.717, 1.165) is 20.9 Å². The van der Waals surface area contributed by atoms with Gasteiger partial charge in [0.2, 0.25) is 0 Å². The fourth-order valence-corrected chi connectivity index (χ4v) is 3.92. The normalized spacial score (nSPS) is 12.7. The fraction of sp³-hybridized carbons (Fsp3) is 0.333. The van der Waals surface area contributed by atoms with Gasteiger partial charge in [0.1, 0.15) is 0 Å². The first-order chi connectivity index (χ1) is 9.02. The molecule has 0 radical (unpaired) electrons. The Morgan fingerprint density at radius 3 is 2.53 bits per heavy atom. The summed E-state index contributed by atoms with van der Waals surface area (Å²) in [5, 5.41) is 4.35. The van der Waals surface area contributed by atoms with Gasteiger partial charge in [-0.15, -0.1) is 11.3 Å². The molecule has 0 fully saturated rings. The van der Waals surface area contributed by atoms with Crippen LogP contribution in [0.4, 0.5) is 0 Å². The Bertz CT molecular complexity index is 580. The lowest BCUT2D eigenvalue weighted by Gasteiger charge is -2.19. The highest BCUT2D eigenvalue weighted by molar-refractivity contribution is 9.11. The molecule has 0 aliphatic carbocycles. The molecule has 0 saturated carbocycles. The van der Waals surface area contributed by atoms with Gasteiger partial charge in [-0.3, -0.25) is 0 Å². The summed E-state index contributed by atoms with van der Waals surface area (Å²) in [5.74, 6) is 0. The molecule has 1 atom stereocenters. The van der Waals surface area contributed by atoms with Gasteiger partial charge in [-0.2, -0.15) is 0 Å². The van der Waals surface area contributed by atoms with E-state index in [-0.39, 0.29) is 6.04 Å². The molecule has 0 bridgehead atoms. The molecule has 0 amide bonds. The van der Waals surface area contributed by atoms with E-state index in [2.05, 4.69) is 66.3 Å². The number of halogens is 2. The average Bonchev–Trinajstić information content (AvgIpc) is 2.78. The van der Waals surface area contributed by atoms with Gasteiger partial charge in [0.15, 0.2) is 0 Å². The smallest absolute Gasteiger partial charge is 0.0702 e. The van der Waals surface area contributed by atoms with Gasteiger partial charge in [0.05, 0.1) is 9.83 Å². The van der Waals surface area contributed by atoms with Gasteiger partial charge >= 0.3 is 0 Å². The van der Waals surface area contributed by atoms with E-state index >= 15 is 0 Å². The highest BCUT2D eigenvalue weighted by Gasteiger charge is 2.18. The maximum Gasteiger partial charge on any atom is 0.0702 e. The number of rotatable bonds is 4. The van der Waals surface area contributed by atoms with Gasteiger partial charge in [0, 0.05) is 9.90 Å².